The Balaban J connectivity index is 2.53. The van der Waals surface area contributed by atoms with Crippen LogP contribution in [-0.4, -0.2) is 18.0 Å². The summed E-state index contributed by atoms with van der Waals surface area (Å²) in [7, 11) is 0. The van der Waals surface area contributed by atoms with Crippen LogP contribution in [0.2, 0.25) is 5.02 Å². The molecule has 0 fully saturated rings. The number of benzene rings is 1. The van der Waals surface area contributed by atoms with Crippen LogP contribution in [0.4, 0.5) is 0 Å². The molecule has 1 aromatic rings. The number of carbonyl (C=O) groups excluding carboxylic acids is 1. The molecule has 100 valence electrons. The van der Waals surface area contributed by atoms with Crippen LogP contribution >= 0.6 is 11.6 Å². The Morgan fingerprint density at radius 2 is 1.94 bits per heavy atom. The molecule has 3 nitrogen and oxygen atoms in total. The predicted molar refractivity (Wildman–Crippen MR) is 75.8 cm³/mol. The van der Waals surface area contributed by atoms with Crippen molar-refractivity contribution in [3.63, 3.8) is 0 Å². The zero-order valence-electron chi connectivity index (χ0n) is 11.4. The molecule has 0 radical (unpaired) electrons. The normalized spacial score (nSPS) is 13.2. The topological polar surface area (TPSA) is 41.1 Å². The van der Waals surface area contributed by atoms with Gasteiger partial charge in [0, 0.05) is 10.6 Å². The summed E-state index contributed by atoms with van der Waals surface area (Å²) in [6.07, 6.45) is 0. The first-order chi connectivity index (χ1) is 8.29. The Morgan fingerprint density at radius 3 is 2.50 bits per heavy atom. The second kappa shape index (κ2) is 6.21. The highest BCUT2D eigenvalue weighted by Crippen LogP contribution is 2.21. The standard InChI is InChI=1S/C14H21ClN2O/c1-10(11-7-5-6-8-12(11)15)17-13(18)9-16-14(2,3)4/h5-8,10,16H,9H2,1-4H3,(H,17,18)/t10-/m1/s1. The summed E-state index contributed by atoms with van der Waals surface area (Å²) in [5.74, 6) is -0.0302. The molecule has 1 atom stereocenters. The Hall–Kier alpha value is -1.06. The molecule has 0 saturated carbocycles. The van der Waals surface area contributed by atoms with Gasteiger partial charge in [-0.05, 0) is 39.3 Å². The van der Waals surface area contributed by atoms with Crippen LogP contribution in [0.15, 0.2) is 24.3 Å². The fourth-order valence-corrected chi connectivity index (χ4v) is 1.84. The maximum absolute atomic E-state index is 11.8. The Bertz CT molecular complexity index is 413. The van der Waals surface area contributed by atoms with Gasteiger partial charge in [0.15, 0.2) is 0 Å². The Labute approximate surface area is 114 Å². The number of nitrogens with one attached hydrogen (secondary N) is 2. The average Bonchev–Trinajstić information content (AvgIpc) is 2.26. The molecule has 0 aliphatic rings. The number of rotatable bonds is 4. The van der Waals surface area contributed by atoms with Crippen molar-refractivity contribution < 1.29 is 4.79 Å². The van der Waals surface area contributed by atoms with Gasteiger partial charge in [0.05, 0.1) is 12.6 Å². The minimum absolute atomic E-state index is 0.0302. The first-order valence-electron chi connectivity index (χ1n) is 6.08. The Kier molecular flexibility index (Phi) is 5.17. The molecular formula is C14H21ClN2O. The van der Waals surface area contributed by atoms with Crippen LogP contribution in [0.25, 0.3) is 0 Å². The molecule has 0 aromatic heterocycles. The molecule has 1 aromatic carbocycles. The molecule has 0 heterocycles. The zero-order chi connectivity index (χ0) is 13.8. The van der Waals surface area contributed by atoms with E-state index in [1.165, 1.54) is 0 Å². The molecule has 0 aliphatic heterocycles. The molecule has 0 unspecified atom stereocenters. The lowest BCUT2D eigenvalue weighted by Gasteiger charge is -2.21. The van der Waals surface area contributed by atoms with E-state index in [9.17, 15) is 4.79 Å². The molecule has 0 bridgehead atoms. The number of halogens is 1. The van der Waals surface area contributed by atoms with Crippen molar-refractivity contribution in [1.82, 2.24) is 10.6 Å². The molecule has 18 heavy (non-hydrogen) atoms. The molecule has 0 aliphatic carbocycles. The second-order valence-corrected chi connectivity index (χ2v) is 5.82. The van der Waals surface area contributed by atoms with Crippen molar-refractivity contribution in [2.75, 3.05) is 6.54 Å². The van der Waals surface area contributed by atoms with E-state index in [1.54, 1.807) is 0 Å². The molecule has 0 saturated heterocycles. The van der Waals surface area contributed by atoms with Crippen molar-refractivity contribution in [2.24, 2.45) is 0 Å². The molecule has 4 heteroatoms. The summed E-state index contributed by atoms with van der Waals surface area (Å²) in [5, 5.41) is 6.75. The van der Waals surface area contributed by atoms with E-state index >= 15 is 0 Å². The largest absolute Gasteiger partial charge is 0.348 e. The van der Waals surface area contributed by atoms with Crippen LogP contribution in [0.1, 0.15) is 39.3 Å². The average molecular weight is 269 g/mol. The van der Waals surface area contributed by atoms with Gasteiger partial charge in [0.2, 0.25) is 5.91 Å². The van der Waals surface area contributed by atoms with E-state index < -0.39 is 0 Å². The van der Waals surface area contributed by atoms with E-state index in [4.69, 9.17) is 11.6 Å². The maximum atomic E-state index is 11.8. The highest BCUT2D eigenvalue weighted by molar-refractivity contribution is 6.31. The summed E-state index contributed by atoms with van der Waals surface area (Å²) < 4.78 is 0. The number of carbonyl (C=O) groups is 1. The molecule has 1 amide bonds. The smallest absolute Gasteiger partial charge is 0.234 e. The third-order valence-corrected chi connectivity index (χ3v) is 2.87. The van der Waals surface area contributed by atoms with E-state index in [0.29, 0.717) is 11.6 Å². The minimum atomic E-state index is -0.0898. The quantitative estimate of drug-likeness (QED) is 0.882. The van der Waals surface area contributed by atoms with Crippen LogP contribution in [0.5, 0.6) is 0 Å². The van der Waals surface area contributed by atoms with Crippen molar-refractivity contribution in [1.29, 1.82) is 0 Å². The molecular weight excluding hydrogens is 248 g/mol. The van der Waals surface area contributed by atoms with Gasteiger partial charge >= 0.3 is 0 Å². The summed E-state index contributed by atoms with van der Waals surface area (Å²) in [6, 6.07) is 7.45. The van der Waals surface area contributed by atoms with Gasteiger partial charge in [-0.15, -0.1) is 0 Å². The van der Waals surface area contributed by atoms with E-state index in [2.05, 4.69) is 10.6 Å². The van der Waals surface area contributed by atoms with Gasteiger partial charge < -0.3 is 10.6 Å². The predicted octanol–water partition coefficient (Wildman–Crippen LogP) is 2.91. The fraction of sp³-hybridized carbons (Fsp3) is 0.500. The van der Waals surface area contributed by atoms with Crippen molar-refractivity contribution in [3.8, 4) is 0 Å². The minimum Gasteiger partial charge on any atom is -0.348 e. The van der Waals surface area contributed by atoms with Crippen LogP contribution in [-0.2, 0) is 4.79 Å². The number of hydrogen-bond acceptors (Lipinski definition) is 2. The summed E-state index contributed by atoms with van der Waals surface area (Å²) >= 11 is 6.09. The van der Waals surface area contributed by atoms with Crippen LogP contribution < -0.4 is 10.6 Å². The van der Waals surface area contributed by atoms with Crippen molar-refractivity contribution >= 4 is 17.5 Å². The SMILES string of the molecule is C[C@@H](NC(=O)CNC(C)(C)C)c1ccccc1Cl. The van der Waals surface area contributed by atoms with E-state index in [-0.39, 0.29) is 17.5 Å². The lowest BCUT2D eigenvalue weighted by atomic mass is 10.1. The molecule has 2 N–H and O–H groups in total. The maximum Gasteiger partial charge on any atom is 0.234 e. The number of amides is 1. The van der Waals surface area contributed by atoms with Gasteiger partial charge in [-0.25, -0.2) is 0 Å². The third-order valence-electron chi connectivity index (χ3n) is 2.53. The van der Waals surface area contributed by atoms with E-state index in [1.807, 2.05) is 52.0 Å². The van der Waals surface area contributed by atoms with Gasteiger partial charge in [-0.3, -0.25) is 4.79 Å². The van der Waals surface area contributed by atoms with Gasteiger partial charge in [-0.1, -0.05) is 29.8 Å². The number of hydrogen-bond donors (Lipinski definition) is 2. The van der Waals surface area contributed by atoms with Crippen molar-refractivity contribution in [2.45, 2.75) is 39.3 Å². The summed E-state index contributed by atoms with van der Waals surface area (Å²) in [4.78, 5) is 11.8. The zero-order valence-corrected chi connectivity index (χ0v) is 12.1. The van der Waals surface area contributed by atoms with E-state index in [0.717, 1.165) is 5.56 Å². The van der Waals surface area contributed by atoms with Crippen LogP contribution in [0, 0.1) is 0 Å². The Morgan fingerprint density at radius 1 is 1.33 bits per heavy atom. The lowest BCUT2D eigenvalue weighted by molar-refractivity contribution is -0.121. The summed E-state index contributed by atoms with van der Waals surface area (Å²) in [5.41, 5.74) is 0.869. The van der Waals surface area contributed by atoms with Gasteiger partial charge in [0.25, 0.3) is 0 Å². The first kappa shape index (κ1) is 15.0. The highest BCUT2D eigenvalue weighted by Gasteiger charge is 2.14. The van der Waals surface area contributed by atoms with Crippen molar-refractivity contribution in [3.05, 3.63) is 34.9 Å². The molecule has 1 rings (SSSR count). The van der Waals surface area contributed by atoms with Gasteiger partial charge in [0.1, 0.15) is 0 Å². The van der Waals surface area contributed by atoms with Gasteiger partial charge in [-0.2, -0.15) is 0 Å². The summed E-state index contributed by atoms with van der Waals surface area (Å²) in [6.45, 7) is 8.31. The third kappa shape index (κ3) is 5.07. The highest BCUT2D eigenvalue weighted by atomic mass is 35.5. The second-order valence-electron chi connectivity index (χ2n) is 5.41. The monoisotopic (exact) mass is 268 g/mol. The van der Waals surface area contributed by atoms with Crippen LogP contribution in [0.3, 0.4) is 0 Å². The molecule has 0 spiro atoms. The first-order valence-corrected chi connectivity index (χ1v) is 6.46. The fourth-order valence-electron chi connectivity index (χ4n) is 1.54. The lowest BCUT2D eigenvalue weighted by Crippen LogP contribution is -2.43.